The molecule has 0 aliphatic carbocycles. The van der Waals surface area contributed by atoms with Gasteiger partial charge >= 0.3 is 0 Å². The second kappa shape index (κ2) is 4.65. The van der Waals surface area contributed by atoms with Crippen LogP contribution in [0.25, 0.3) is 0 Å². The summed E-state index contributed by atoms with van der Waals surface area (Å²) in [5.74, 6) is 6.26. The molecule has 1 aliphatic heterocycles. The minimum absolute atomic E-state index is 0.169. The Morgan fingerprint density at radius 1 is 1.14 bits per heavy atom. The number of rotatable bonds is 0. The van der Waals surface area contributed by atoms with Crippen molar-refractivity contribution in [3.63, 3.8) is 0 Å². The summed E-state index contributed by atoms with van der Waals surface area (Å²) in [6.07, 6.45) is 1.92. The summed E-state index contributed by atoms with van der Waals surface area (Å²) in [5, 5.41) is 8.87. The molecule has 0 N–H and O–H groups in total. The van der Waals surface area contributed by atoms with Gasteiger partial charge in [-0.05, 0) is 24.3 Å². The fourth-order valence-corrected chi connectivity index (χ4v) is 2.56. The molecule has 2 heterocycles. The van der Waals surface area contributed by atoms with E-state index in [2.05, 4.69) is 17.9 Å². The Morgan fingerprint density at radius 2 is 1.86 bits per heavy atom. The van der Waals surface area contributed by atoms with Crippen LogP contribution < -0.4 is 0 Å². The monoisotopic (exact) mass is 274 g/mol. The lowest BCUT2D eigenvalue weighted by molar-refractivity contribution is 0.0860. The summed E-state index contributed by atoms with van der Waals surface area (Å²) in [7, 11) is 0. The number of nitriles is 1. The average Bonchev–Trinajstić information content (AvgIpc) is 2.94. The van der Waals surface area contributed by atoms with E-state index in [1.54, 1.807) is 12.1 Å². The van der Waals surface area contributed by atoms with E-state index in [9.17, 15) is 4.79 Å². The zero-order valence-electron chi connectivity index (χ0n) is 12.0. The first-order valence-electron chi connectivity index (χ1n) is 6.77. The quantitative estimate of drug-likeness (QED) is 0.693. The number of hydrogen-bond acceptors (Lipinski definition) is 2. The lowest BCUT2D eigenvalue weighted by atomic mass is 9.89. The molecule has 1 aromatic carbocycles. The van der Waals surface area contributed by atoms with Gasteiger partial charge < -0.3 is 4.57 Å². The molecule has 3 heteroatoms. The second-order valence-corrected chi connectivity index (χ2v) is 5.90. The van der Waals surface area contributed by atoms with E-state index in [1.807, 2.05) is 42.8 Å². The van der Waals surface area contributed by atoms with Gasteiger partial charge in [-0.25, -0.2) is 0 Å². The Hall–Kier alpha value is -2.78. The Morgan fingerprint density at radius 3 is 2.57 bits per heavy atom. The van der Waals surface area contributed by atoms with Crippen molar-refractivity contribution in [2.75, 3.05) is 0 Å². The number of fused-ring (bicyclic) bond motifs is 1. The Labute approximate surface area is 123 Å². The van der Waals surface area contributed by atoms with Crippen molar-refractivity contribution >= 4 is 5.78 Å². The van der Waals surface area contributed by atoms with Crippen molar-refractivity contribution in [3.8, 4) is 17.9 Å². The van der Waals surface area contributed by atoms with Gasteiger partial charge in [0.2, 0.25) is 0 Å². The highest BCUT2D eigenvalue weighted by molar-refractivity contribution is 6.01. The summed E-state index contributed by atoms with van der Waals surface area (Å²) < 4.78 is 1.97. The predicted molar refractivity (Wildman–Crippen MR) is 79.7 cm³/mol. The first kappa shape index (κ1) is 13.2. The summed E-state index contributed by atoms with van der Waals surface area (Å²) in [6, 6.07) is 11.1. The van der Waals surface area contributed by atoms with Gasteiger partial charge in [0.15, 0.2) is 5.78 Å². The molecule has 0 saturated heterocycles. The molecule has 0 spiro atoms. The largest absolute Gasteiger partial charge is 0.343 e. The van der Waals surface area contributed by atoms with Crippen LogP contribution in [0.15, 0.2) is 36.5 Å². The van der Waals surface area contributed by atoms with Gasteiger partial charge in [0.25, 0.3) is 0 Å². The van der Waals surface area contributed by atoms with Gasteiger partial charge in [-0.1, -0.05) is 31.8 Å². The Balaban J connectivity index is 1.89. The van der Waals surface area contributed by atoms with Crippen molar-refractivity contribution in [2.45, 2.75) is 20.4 Å². The standard InChI is InChI=1S/C18H14N2O/c1-18(2)12-20-11-15(9-16(20)17(18)21)7-6-13-4-3-5-14(8-13)10-19/h3-5,8-9,11H,12H2,1-2H3. The summed E-state index contributed by atoms with van der Waals surface area (Å²) in [6.45, 7) is 4.62. The number of carbonyl (C=O) groups is 1. The smallest absolute Gasteiger partial charge is 0.186 e. The van der Waals surface area contributed by atoms with Crippen molar-refractivity contribution in [3.05, 3.63) is 58.9 Å². The van der Waals surface area contributed by atoms with Gasteiger partial charge in [-0.3, -0.25) is 4.79 Å². The lowest BCUT2D eigenvalue weighted by Crippen LogP contribution is -2.19. The molecule has 0 amide bonds. The number of Topliss-reactive ketones (excluding diaryl/α,β-unsaturated/α-hetero) is 1. The van der Waals surface area contributed by atoms with E-state index in [0.29, 0.717) is 12.1 Å². The van der Waals surface area contributed by atoms with Crippen LogP contribution in [0.5, 0.6) is 0 Å². The molecule has 0 atom stereocenters. The first-order valence-corrected chi connectivity index (χ1v) is 6.77. The maximum absolute atomic E-state index is 12.2. The highest BCUT2D eigenvalue weighted by Crippen LogP contribution is 2.32. The highest BCUT2D eigenvalue weighted by atomic mass is 16.1. The molecular weight excluding hydrogens is 260 g/mol. The maximum atomic E-state index is 12.2. The molecule has 3 nitrogen and oxygen atoms in total. The van der Waals surface area contributed by atoms with E-state index in [4.69, 9.17) is 5.26 Å². The molecule has 0 saturated carbocycles. The van der Waals surface area contributed by atoms with Crippen molar-refractivity contribution < 1.29 is 4.79 Å². The molecule has 0 bridgehead atoms. The molecule has 2 aromatic rings. The predicted octanol–water partition coefficient (Wildman–Crippen LogP) is 2.98. The van der Waals surface area contributed by atoms with Crippen molar-refractivity contribution in [2.24, 2.45) is 5.41 Å². The average molecular weight is 274 g/mol. The van der Waals surface area contributed by atoms with Crippen LogP contribution in [0, 0.1) is 28.6 Å². The molecule has 0 fully saturated rings. The summed E-state index contributed by atoms with van der Waals surface area (Å²) >= 11 is 0. The van der Waals surface area contributed by atoms with Gasteiger partial charge in [-0.15, -0.1) is 0 Å². The van der Waals surface area contributed by atoms with Crippen molar-refractivity contribution in [1.29, 1.82) is 5.26 Å². The topological polar surface area (TPSA) is 45.8 Å². The highest BCUT2D eigenvalue weighted by Gasteiger charge is 2.37. The number of benzene rings is 1. The van der Waals surface area contributed by atoms with E-state index in [0.717, 1.165) is 16.8 Å². The number of aromatic nitrogens is 1. The molecule has 0 radical (unpaired) electrons. The summed E-state index contributed by atoms with van der Waals surface area (Å²) in [5.41, 5.74) is 2.64. The maximum Gasteiger partial charge on any atom is 0.186 e. The van der Waals surface area contributed by atoms with E-state index in [1.165, 1.54) is 0 Å². The number of hydrogen-bond donors (Lipinski definition) is 0. The van der Waals surface area contributed by atoms with E-state index in [-0.39, 0.29) is 11.2 Å². The molecule has 102 valence electrons. The zero-order chi connectivity index (χ0) is 15.0. The molecular formula is C18H14N2O. The second-order valence-electron chi connectivity index (χ2n) is 5.90. The normalized spacial score (nSPS) is 15.0. The number of ketones is 1. The third-order valence-electron chi connectivity index (χ3n) is 3.65. The van der Waals surface area contributed by atoms with E-state index >= 15 is 0 Å². The van der Waals surface area contributed by atoms with Crippen LogP contribution in [0.2, 0.25) is 0 Å². The molecule has 1 aliphatic rings. The Bertz CT molecular complexity index is 838. The van der Waals surface area contributed by atoms with Gasteiger partial charge in [0.05, 0.1) is 17.3 Å². The van der Waals surface area contributed by atoms with Gasteiger partial charge in [0.1, 0.15) is 0 Å². The minimum atomic E-state index is -0.317. The third-order valence-corrected chi connectivity index (χ3v) is 3.65. The first-order chi connectivity index (χ1) is 9.99. The fraction of sp³-hybridized carbons (Fsp3) is 0.222. The summed E-state index contributed by atoms with van der Waals surface area (Å²) in [4.78, 5) is 12.2. The minimum Gasteiger partial charge on any atom is -0.343 e. The van der Waals surface area contributed by atoms with Crippen LogP contribution >= 0.6 is 0 Å². The van der Waals surface area contributed by atoms with Crippen LogP contribution in [0.1, 0.15) is 41.0 Å². The lowest BCUT2D eigenvalue weighted by Gasteiger charge is -2.12. The van der Waals surface area contributed by atoms with Crippen molar-refractivity contribution in [1.82, 2.24) is 4.57 Å². The number of carbonyl (C=O) groups excluding carboxylic acids is 1. The Kier molecular flexibility index (Phi) is 2.92. The van der Waals surface area contributed by atoms with Crippen LogP contribution in [-0.2, 0) is 6.54 Å². The SMILES string of the molecule is CC1(C)Cn2cc(C#Cc3cccc(C#N)c3)cc2C1=O. The zero-order valence-corrected chi connectivity index (χ0v) is 12.0. The fourth-order valence-electron chi connectivity index (χ4n) is 2.56. The molecule has 21 heavy (non-hydrogen) atoms. The van der Waals surface area contributed by atoms with Crippen LogP contribution in [0.4, 0.5) is 0 Å². The van der Waals surface area contributed by atoms with Crippen LogP contribution in [0.3, 0.4) is 0 Å². The van der Waals surface area contributed by atoms with E-state index < -0.39 is 0 Å². The third kappa shape index (κ3) is 2.35. The molecule has 0 unspecified atom stereocenters. The van der Waals surface area contributed by atoms with Gasteiger partial charge in [-0.2, -0.15) is 5.26 Å². The number of nitrogens with zero attached hydrogens (tertiary/aromatic N) is 2. The molecule has 1 aromatic heterocycles. The van der Waals surface area contributed by atoms with Crippen LogP contribution in [-0.4, -0.2) is 10.4 Å². The molecule has 3 rings (SSSR count). The van der Waals surface area contributed by atoms with Gasteiger partial charge in [0, 0.05) is 29.3 Å².